The largest absolute Gasteiger partial charge is 0.381 e. The van der Waals surface area contributed by atoms with Gasteiger partial charge in [-0.15, -0.1) is 0 Å². The topological polar surface area (TPSA) is 67.5 Å². The van der Waals surface area contributed by atoms with Gasteiger partial charge in [-0.25, -0.2) is 9.37 Å². The molecule has 144 valence electrons. The summed E-state index contributed by atoms with van der Waals surface area (Å²) in [6.07, 6.45) is 2.04. The number of benzene rings is 1. The molecule has 1 aromatic heterocycles. The third-order valence-electron chi connectivity index (χ3n) is 5.33. The van der Waals surface area contributed by atoms with Crippen LogP contribution in [0.15, 0.2) is 30.3 Å². The van der Waals surface area contributed by atoms with E-state index in [4.69, 9.17) is 10.5 Å². The van der Waals surface area contributed by atoms with Gasteiger partial charge in [0, 0.05) is 51.3 Å². The minimum atomic E-state index is -0.189. The number of aromatic nitrogens is 2. The molecule has 2 aliphatic rings. The highest BCUT2D eigenvalue weighted by atomic mass is 19.1. The van der Waals surface area contributed by atoms with Gasteiger partial charge in [-0.05, 0) is 30.5 Å². The summed E-state index contributed by atoms with van der Waals surface area (Å²) >= 11 is 0. The fraction of sp³-hybridized carbons (Fsp3) is 0.500. The van der Waals surface area contributed by atoms with Crippen LogP contribution in [0.1, 0.15) is 30.0 Å². The molecule has 2 N–H and O–H groups in total. The van der Waals surface area contributed by atoms with Crippen molar-refractivity contribution in [2.24, 2.45) is 0 Å². The molecule has 0 spiro atoms. The second-order valence-corrected chi connectivity index (χ2v) is 7.31. The number of nitrogens with zero attached hydrogens (tertiary/aromatic N) is 4. The maximum Gasteiger partial charge on any atom is 0.222 e. The first kappa shape index (κ1) is 18.1. The normalized spacial score (nSPS) is 21.4. The first-order valence-electron chi connectivity index (χ1n) is 9.61. The number of anilines is 2. The van der Waals surface area contributed by atoms with Crippen molar-refractivity contribution in [2.75, 3.05) is 50.0 Å². The highest BCUT2D eigenvalue weighted by Crippen LogP contribution is 2.27. The fourth-order valence-corrected chi connectivity index (χ4v) is 3.82. The Balaban J connectivity index is 1.42. The Hall–Kier alpha value is -2.25. The lowest BCUT2D eigenvalue weighted by atomic mass is 10.0. The monoisotopic (exact) mass is 371 g/mol. The molecule has 1 aromatic carbocycles. The van der Waals surface area contributed by atoms with E-state index in [0.29, 0.717) is 18.5 Å². The van der Waals surface area contributed by atoms with Gasteiger partial charge in [-0.1, -0.05) is 12.1 Å². The van der Waals surface area contributed by atoms with Gasteiger partial charge >= 0.3 is 0 Å². The molecule has 0 unspecified atom stereocenters. The smallest absolute Gasteiger partial charge is 0.222 e. The molecule has 27 heavy (non-hydrogen) atoms. The SMILES string of the molecule is Nc1nc([C@@H]2CCOC2)cc(N2CCCN(Cc3ccc(F)cc3)CC2)n1. The zero-order valence-electron chi connectivity index (χ0n) is 15.5. The second-order valence-electron chi connectivity index (χ2n) is 7.31. The molecular formula is C20H26FN5O. The van der Waals surface area contributed by atoms with E-state index in [1.54, 1.807) is 0 Å². The molecule has 7 heteroatoms. The first-order chi connectivity index (χ1) is 13.2. The van der Waals surface area contributed by atoms with Crippen molar-refractivity contribution in [3.63, 3.8) is 0 Å². The predicted octanol–water partition coefficient (Wildman–Crippen LogP) is 2.41. The summed E-state index contributed by atoms with van der Waals surface area (Å²) in [5.74, 6) is 1.37. The molecule has 6 nitrogen and oxygen atoms in total. The van der Waals surface area contributed by atoms with Crippen molar-refractivity contribution in [2.45, 2.75) is 25.3 Å². The number of nitrogen functional groups attached to an aromatic ring is 1. The Morgan fingerprint density at radius 1 is 1.11 bits per heavy atom. The molecule has 4 rings (SSSR count). The number of rotatable bonds is 4. The maximum atomic E-state index is 13.1. The van der Waals surface area contributed by atoms with E-state index in [0.717, 1.165) is 69.2 Å². The lowest BCUT2D eigenvalue weighted by Gasteiger charge is -2.23. The Bertz CT molecular complexity index is 763. The number of ether oxygens (including phenoxy) is 1. The molecule has 0 bridgehead atoms. The van der Waals surface area contributed by atoms with Gasteiger partial charge in [0.05, 0.1) is 12.3 Å². The van der Waals surface area contributed by atoms with E-state index in [2.05, 4.69) is 25.8 Å². The van der Waals surface area contributed by atoms with Crippen LogP contribution in [0.2, 0.25) is 0 Å². The fourth-order valence-electron chi connectivity index (χ4n) is 3.82. The van der Waals surface area contributed by atoms with Crippen molar-refractivity contribution >= 4 is 11.8 Å². The van der Waals surface area contributed by atoms with Crippen molar-refractivity contribution < 1.29 is 9.13 Å². The lowest BCUT2D eigenvalue weighted by molar-refractivity contribution is 0.193. The van der Waals surface area contributed by atoms with Crippen molar-refractivity contribution in [3.05, 3.63) is 47.4 Å². The van der Waals surface area contributed by atoms with Crippen LogP contribution in [-0.2, 0) is 11.3 Å². The minimum absolute atomic E-state index is 0.189. The molecule has 2 fully saturated rings. The van der Waals surface area contributed by atoms with E-state index in [9.17, 15) is 4.39 Å². The standard InChI is InChI=1S/C20H26FN5O/c21-17-4-2-15(3-5-17)13-25-7-1-8-26(10-9-25)19-12-18(23-20(22)24-19)16-6-11-27-14-16/h2-5,12,16H,1,6-11,13-14H2,(H2,22,23,24)/t16-/m1/s1. The summed E-state index contributed by atoms with van der Waals surface area (Å²) in [4.78, 5) is 13.6. The number of halogens is 1. The van der Waals surface area contributed by atoms with Gasteiger partial charge in [-0.3, -0.25) is 4.90 Å². The molecule has 2 aromatic rings. The molecule has 2 aliphatic heterocycles. The third kappa shape index (κ3) is 4.54. The molecule has 0 amide bonds. The molecule has 0 saturated carbocycles. The summed E-state index contributed by atoms with van der Waals surface area (Å²) in [5.41, 5.74) is 8.11. The van der Waals surface area contributed by atoms with Crippen LogP contribution >= 0.6 is 0 Å². The van der Waals surface area contributed by atoms with Crippen molar-refractivity contribution in [1.29, 1.82) is 0 Å². The van der Waals surface area contributed by atoms with Gasteiger partial charge in [0.25, 0.3) is 0 Å². The van der Waals surface area contributed by atoms with E-state index < -0.39 is 0 Å². The Morgan fingerprint density at radius 2 is 1.96 bits per heavy atom. The Labute approximate surface area is 159 Å². The number of hydrogen-bond donors (Lipinski definition) is 1. The Morgan fingerprint density at radius 3 is 2.74 bits per heavy atom. The van der Waals surface area contributed by atoms with E-state index >= 15 is 0 Å². The van der Waals surface area contributed by atoms with E-state index in [1.165, 1.54) is 12.1 Å². The third-order valence-corrected chi connectivity index (χ3v) is 5.33. The van der Waals surface area contributed by atoms with Gasteiger partial charge < -0.3 is 15.4 Å². The van der Waals surface area contributed by atoms with Crippen LogP contribution in [-0.4, -0.2) is 54.3 Å². The zero-order chi connectivity index (χ0) is 18.6. The highest BCUT2D eigenvalue weighted by Gasteiger charge is 2.22. The average molecular weight is 371 g/mol. The first-order valence-corrected chi connectivity index (χ1v) is 9.61. The van der Waals surface area contributed by atoms with Gasteiger partial charge in [0.15, 0.2) is 0 Å². The second kappa shape index (κ2) is 8.19. The van der Waals surface area contributed by atoms with E-state index in [-0.39, 0.29) is 5.82 Å². The van der Waals surface area contributed by atoms with Crippen LogP contribution in [0.5, 0.6) is 0 Å². The number of hydrogen-bond acceptors (Lipinski definition) is 6. The molecular weight excluding hydrogens is 345 g/mol. The van der Waals surface area contributed by atoms with Gasteiger partial charge in [0.1, 0.15) is 11.6 Å². The Kier molecular flexibility index (Phi) is 5.50. The van der Waals surface area contributed by atoms with Crippen LogP contribution < -0.4 is 10.6 Å². The number of nitrogens with two attached hydrogens (primary N) is 1. The van der Waals surface area contributed by atoms with Gasteiger partial charge in [-0.2, -0.15) is 4.98 Å². The lowest BCUT2D eigenvalue weighted by Crippen LogP contribution is -2.31. The van der Waals surface area contributed by atoms with Gasteiger partial charge in [0.2, 0.25) is 5.95 Å². The summed E-state index contributed by atoms with van der Waals surface area (Å²) in [6, 6.07) is 8.85. The molecule has 0 aliphatic carbocycles. The van der Waals surface area contributed by atoms with Crippen LogP contribution in [0, 0.1) is 5.82 Å². The van der Waals surface area contributed by atoms with Crippen LogP contribution in [0.4, 0.5) is 16.2 Å². The van der Waals surface area contributed by atoms with Crippen LogP contribution in [0.25, 0.3) is 0 Å². The predicted molar refractivity (Wildman–Crippen MR) is 103 cm³/mol. The molecule has 3 heterocycles. The molecule has 0 radical (unpaired) electrons. The minimum Gasteiger partial charge on any atom is -0.381 e. The molecule has 1 atom stereocenters. The van der Waals surface area contributed by atoms with Crippen LogP contribution in [0.3, 0.4) is 0 Å². The molecule has 2 saturated heterocycles. The summed E-state index contributed by atoms with van der Waals surface area (Å²) < 4.78 is 18.6. The van der Waals surface area contributed by atoms with Crippen molar-refractivity contribution in [1.82, 2.24) is 14.9 Å². The summed E-state index contributed by atoms with van der Waals surface area (Å²) in [7, 11) is 0. The average Bonchev–Trinajstić information content (AvgIpc) is 3.10. The quantitative estimate of drug-likeness (QED) is 0.890. The van der Waals surface area contributed by atoms with Crippen molar-refractivity contribution in [3.8, 4) is 0 Å². The van der Waals surface area contributed by atoms with E-state index in [1.807, 2.05) is 12.1 Å². The summed E-state index contributed by atoms with van der Waals surface area (Å²) in [5, 5.41) is 0. The zero-order valence-corrected chi connectivity index (χ0v) is 15.5. The maximum absolute atomic E-state index is 13.1. The summed E-state index contributed by atoms with van der Waals surface area (Å²) in [6.45, 7) is 6.11. The highest BCUT2D eigenvalue weighted by molar-refractivity contribution is 5.44.